The van der Waals surface area contributed by atoms with Crippen molar-refractivity contribution in [1.29, 1.82) is 0 Å². The summed E-state index contributed by atoms with van der Waals surface area (Å²) in [5.74, 6) is 0. The number of nitrogens with zero attached hydrogens (tertiary/aromatic N) is 4. The summed E-state index contributed by atoms with van der Waals surface area (Å²) >= 11 is 0. The van der Waals surface area contributed by atoms with E-state index in [1.165, 1.54) is 72.0 Å². The number of hydrogen-bond acceptors (Lipinski definition) is 9. The average molecular weight is 787 g/mol. The summed E-state index contributed by atoms with van der Waals surface area (Å²) in [5, 5.41) is 11.4. The van der Waals surface area contributed by atoms with Crippen LogP contribution >= 0.6 is 0 Å². The highest BCUT2D eigenvalue weighted by Gasteiger charge is 2.36. The van der Waals surface area contributed by atoms with E-state index in [1.807, 2.05) is 20.8 Å². The third kappa shape index (κ3) is 10.6. The van der Waals surface area contributed by atoms with Crippen LogP contribution in [0.5, 0.6) is 0 Å². The number of rotatable bonds is 19. The van der Waals surface area contributed by atoms with Crippen LogP contribution in [0.3, 0.4) is 0 Å². The molecule has 13 nitrogen and oxygen atoms in total. The number of nitro groups is 1. The summed E-state index contributed by atoms with van der Waals surface area (Å²) in [5.41, 5.74) is 2.89. The van der Waals surface area contributed by atoms with Gasteiger partial charge in [-0.15, -0.1) is 0 Å². The Morgan fingerprint density at radius 1 is 0.642 bits per heavy atom. The number of nitro benzene ring substituents is 1. The third-order valence-corrected chi connectivity index (χ3v) is 14.5. The van der Waals surface area contributed by atoms with E-state index in [9.17, 15) is 35.4 Å². The van der Waals surface area contributed by atoms with E-state index in [0.717, 1.165) is 25.3 Å². The molecule has 0 heterocycles. The first-order valence-corrected chi connectivity index (χ1v) is 21.3. The highest BCUT2D eigenvalue weighted by atomic mass is 32.2. The van der Waals surface area contributed by atoms with Crippen LogP contribution in [0.4, 0.5) is 5.69 Å². The Balaban J connectivity index is 1.83. The molecule has 0 spiro atoms. The van der Waals surface area contributed by atoms with Crippen molar-refractivity contribution in [3.8, 4) is 0 Å². The summed E-state index contributed by atoms with van der Waals surface area (Å²) in [6.07, 6.45) is -0.0351. The first-order chi connectivity index (χ1) is 25.0. The molecule has 4 rings (SSSR count). The predicted octanol–water partition coefficient (Wildman–Crippen LogP) is 5.17. The van der Waals surface area contributed by atoms with Gasteiger partial charge in [0.25, 0.3) is 5.69 Å². The molecule has 0 aliphatic rings. The van der Waals surface area contributed by atoms with Gasteiger partial charge >= 0.3 is 0 Å². The molecule has 0 saturated carbocycles. The lowest BCUT2D eigenvalue weighted by Crippen LogP contribution is -2.51. The van der Waals surface area contributed by atoms with Gasteiger partial charge in [-0.2, -0.15) is 12.9 Å². The maximum Gasteiger partial charge on any atom is 0.269 e. The molecule has 4 aromatic rings. The van der Waals surface area contributed by atoms with Crippen LogP contribution in [-0.2, 0) is 41.2 Å². The number of benzene rings is 4. The van der Waals surface area contributed by atoms with E-state index in [4.69, 9.17) is 4.74 Å². The van der Waals surface area contributed by atoms with Crippen LogP contribution < -0.4 is 0 Å². The van der Waals surface area contributed by atoms with Crippen molar-refractivity contribution < 1.29 is 34.9 Å². The SMILES string of the molecule is CCOCCN(C(Cc1ccc([N+](=O)[O-])cc1)CN(CCN(C)S(=O)(=O)c1ccc(C)cc1)S(=O)(=O)c1ccc(C)cc1)S(=O)(=O)c1ccc(C)cc1. The lowest BCUT2D eigenvalue weighted by atomic mass is 10.1. The van der Waals surface area contributed by atoms with Crippen molar-refractivity contribution in [2.75, 3.05) is 46.4 Å². The van der Waals surface area contributed by atoms with Crippen LogP contribution in [0, 0.1) is 30.9 Å². The standard InChI is InChI=1S/C37H46N4O9S3/c1-6-50-26-25-40(53(48,49)37-21-11-31(4)12-22-37)34(27-32-13-15-33(16-14-32)41(42)43)28-39(52(46,47)36-19-9-30(3)10-20-36)24-23-38(5)51(44,45)35-17-7-29(2)8-18-35/h7-22,34H,6,23-28H2,1-5H3. The van der Waals surface area contributed by atoms with Gasteiger partial charge in [-0.3, -0.25) is 10.1 Å². The summed E-state index contributed by atoms with van der Waals surface area (Å²) in [6, 6.07) is 23.3. The maximum atomic E-state index is 14.5. The zero-order valence-electron chi connectivity index (χ0n) is 30.5. The summed E-state index contributed by atoms with van der Waals surface area (Å²) < 4.78 is 93.8. The van der Waals surface area contributed by atoms with Crippen LogP contribution in [0.1, 0.15) is 29.2 Å². The highest BCUT2D eigenvalue weighted by Crippen LogP contribution is 2.26. The zero-order chi connectivity index (χ0) is 39.0. The smallest absolute Gasteiger partial charge is 0.269 e. The number of ether oxygens (including phenoxy) is 1. The van der Waals surface area contributed by atoms with Crippen molar-refractivity contribution in [3.63, 3.8) is 0 Å². The monoisotopic (exact) mass is 786 g/mol. The van der Waals surface area contributed by atoms with Gasteiger partial charge in [-0.25, -0.2) is 25.3 Å². The van der Waals surface area contributed by atoms with Crippen LogP contribution in [0.2, 0.25) is 0 Å². The predicted molar refractivity (Wildman–Crippen MR) is 203 cm³/mol. The second-order valence-electron chi connectivity index (χ2n) is 12.7. The normalized spacial score (nSPS) is 13.1. The van der Waals surface area contributed by atoms with Gasteiger partial charge in [0.2, 0.25) is 30.1 Å². The van der Waals surface area contributed by atoms with Gasteiger partial charge in [0, 0.05) is 58.0 Å². The van der Waals surface area contributed by atoms with E-state index in [2.05, 4.69) is 0 Å². The molecule has 1 unspecified atom stereocenters. The molecule has 0 aliphatic heterocycles. The van der Waals surface area contributed by atoms with E-state index < -0.39 is 41.0 Å². The lowest BCUT2D eigenvalue weighted by Gasteiger charge is -2.35. The molecule has 0 bridgehead atoms. The largest absolute Gasteiger partial charge is 0.380 e. The van der Waals surface area contributed by atoms with E-state index in [-0.39, 0.29) is 59.6 Å². The lowest BCUT2D eigenvalue weighted by molar-refractivity contribution is -0.384. The zero-order valence-corrected chi connectivity index (χ0v) is 32.9. The Morgan fingerprint density at radius 3 is 1.55 bits per heavy atom. The van der Waals surface area contributed by atoms with Crippen molar-refractivity contribution in [1.82, 2.24) is 12.9 Å². The highest BCUT2D eigenvalue weighted by molar-refractivity contribution is 7.89. The van der Waals surface area contributed by atoms with Gasteiger partial charge in [0.05, 0.1) is 26.2 Å². The van der Waals surface area contributed by atoms with Gasteiger partial charge in [-0.1, -0.05) is 65.2 Å². The number of sulfonamides is 3. The van der Waals surface area contributed by atoms with Gasteiger partial charge in [0.15, 0.2) is 0 Å². The summed E-state index contributed by atoms with van der Waals surface area (Å²) in [7, 11) is -11.3. The fraction of sp³-hybridized carbons (Fsp3) is 0.351. The summed E-state index contributed by atoms with van der Waals surface area (Å²) in [4.78, 5) is 10.8. The first-order valence-electron chi connectivity index (χ1n) is 17.0. The van der Waals surface area contributed by atoms with Crippen LogP contribution in [0.25, 0.3) is 0 Å². The average Bonchev–Trinajstić information content (AvgIpc) is 3.12. The third-order valence-electron chi connectivity index (χ3n) is 8.78. The van der Waals surface area contributed by atoms with Crippen LogP contribution in [-0.4, -0.2) is 95.6 Å². The van der Waals surface area contributed by atoms with Crippen molar-refractivity contribution in [3.05, 3.63) is 129 Å². The molecule has 16 heteroatoms. The van der Waals surface area contributed by atoms with Crippen molar-refractivity contribution in [2.45, 2.75) is 54.8 Å². The Hall–Kier alpha value is -4.03. The molecule has 0 saturated heterocycles. The fourth-order valence-electron chi connectivity index (χ4n) is 5.59. The molecule has 0 aliphatic carbocycles. The number of aryl methyl sites for hydroxylation is 3. The number of non-ortho nitro benzene ring substituents is 1. The Bertz CT molecular complexity index is 2160. The van der Waals surface area contributed by atoms with E-state index >= 15 is 0 Å². The quantitative estimate of drug-likeness (QED) is 0.0709. The Kier molecular flexibility index (Phi) is 14.1. The second-order valence-corrected chi connectivity index (χ2v) is 18.6. The van der Waals surface area contributed by atoms with Gasteiger partial charge in [-0.05, 0) is 76.1 Å². The minimum atomic E-state index is -4.34. The number of hydrogen-bond donors (Lipinski definition) is 0. The molecule has 286 valence electrons. The minimum Gasteiger partial charge on any atom is -0.380 e. The van der Waals surface area contributed by atoms with Crippen molar-refractivity contribution >= 4 is 35.8 Å². The topological polar surface area (TPSA) is 165 Å². The van der Waals surface area contributed by atoms with Crippen molar-refractivity contribution in [2.24, 2.45) is 0 Å². The van der Waals surface area contributed by atoms with E-state index in [1.54, 1.807) is 43.3 Å². The molecule has 4 aromatic carbocycles. The Morgan fingerprint density at radius 2 is 1.09 bits per heavy atom. The minimum absolute atomic E-state index is 0.000592. The maximum absolute atomic E-state index is 14.5. The Labute approximate surface area is 313 Å². The fourth-order valence-corrected chi connectivity index (χ4v) is 9.82. The molecule has 0 radical (unpaired) electrons. The molecule has 0 N–H and O–H groups in total. The molecule has 53 heavy (non-hydrogen) atoms. The van der Waals surface area contributed by atoms with Crippen LogP contribution in [0.15, 0.2) is 112 Å². The molecule has 1 atom stereocenters. The number of likely N-dealkylation sites (N-methyl/N-ethyl adjacent to an activating group) is 1. The first kappa shape index (κ1) is 41.7. The molecule has 0 amide bonds. The van der Waals surface area contributed by atoms with E-state index in [0.29, 0.717) is 12.2 Å². The summed E-state index contributed by atoms with van der Waals surface area (Å²) in [6.45, 7) is 6.44. The molecular weight excluding hydrogens is 741 g/mol. The van der Waals surface area contributed by atoms with Gasteiger partial charge in [0.1, 0.15) is 0 Å². The molecule has 0 aromatic heterocycles. The molecule has 0 fully saturated rings. The van der Waals surface area contributed by atoms with Gasteiger partial charge < -0.3 is 4.74 Å². The second kappa shape index (κ2) is 17.9. The molecular formula is C37H46N4O9S3.